The minimum absolute atomic E-state index is 0.0295. The summed E-state index contributed by atoms with van der Waals surface area (Å²) in [4.78, 5) is 16.3. The van der Waals surface area contributed by atoms with Gasteiger partial charge in [-0.2, -0.15) is 0 Å². The minimum Gasteiger partial charge on any atom is -0.461 e. The molecule has 1 saturated carbocycles. The maximum Gasteiger partial charge on any atom is 0.315 e. The second kappa shape index (κ2) is 8.22. The number of rotatable bonds is 3. The first-order valence-electron chi connectivity index (χ1n) is 12.7. The topological polar surface area (TPSA) is 55.4 Å². The molecule has 5 nitrogen and oxygen atoms in total. The number of allylic oxidation sites excluding steroid dienone is 1. The van der Waals surface area contributed by atoms with Gasteiger partial charge in [0, 0.05) is 30.6 Å². The van der Waals surface area contributed by atoms with Crippen LogP contribution in [0.4, 0.5) is 0 Å². The molecular weight excluding hydrogens is 376 g/mol. The second-order valence-electron chi connectivity index (χ2n) is 11.2. The van der Waals surface area contributed by atoms with Gasteiger partial charge in [-0.15, -0.1) is 0 Å². The van der Waals surface area contributed by atoms with Crippen LogP contribution in [0.25, 0.3) is 0 Å². The second-order valence-corrected chi connectivity index (χ2v) is 11.2. The molecule has 2 aliphatic carbocycles. The number of esters is 1. The van der Waals surface area contributed by atoms with E-state index < -0.39 is 6.10 Å². The number of hydrogen-bond acceptors (Lipinski definition) is 3. The molecule has 3 heterocycles. The lowest BCUT2D eigenvalue weighted by Crippen LogP contribution is -3.21. The average Bonchev–Trinajstić information content (AvgIpc) is 3.07. The van der Waals surface area contributed by atoms with Gasteiger partial charge in [0.25, 0.3) is 0 Å². The third kappa shape index (κ3) is 3.45. The number of fused-ring (bicyclic) bond motifs is 2. The van der Waals surface area contributed by atoms with Gasteiger partial charge in [0.2, 0.25) is 0 Å². The Morgan fingerprint density at radius 2 is 1.87 bits per heavy atom. The fourth-order valence-electron chi connectivity index (χ4n) is 7.66. The summed E-state index contributed by atoms with van der Waals surface area (Å²) in [5, 5.41) is 11.5. The van der Waals surface area contributed by atoms with Crippen molar-refractivity contribution in [3.05, 3.63) is 11.6 Å². The van der Waals surface area contributed by atoms with Crippen molar-refractivity contribution in [2.75, 3.05) is 32.7 Å². The number of carbonyl (C=O) groups is 1. The largest absolute Gasteiger partial charge is 0.461 e. The van der Waals surface area contributed by atoms with Crippen molar-refractivity contribution < 1.29 is 24.4 Å². The van der Waals surface area contributed by atoms with Gasteiger partial charge < -0.3 is 19.6 Å². The third-order valence-electron chi connectivity index (χ3n) is 9.84. The summed E-state index contributed by atoms with van der Waals surface area (Å²) in [6.45, 7) is 10.4. The zero-order valence-electron chi connectivity index (χ0n) is 19.0. The van der Waals surface area contributed by atoms with Crippen molar-refractivity contribution in [3.8, 4) is 0 Å². The van der Waals surface area contributed by atoms with E-state index in [1.807, 2.05) is 4.90 Å². The van der Waals surface area contributed by atoms with Crippen LogP contribution in [0.5, 0.6) is 0 Å². The Kier molecular flexibility index (Phi) is 5.74. The molecule has 168 valence electrons. The number of ether oxygens (including phenoxy) is 1. The van der Waals surface area contributed by atoms with E-state index >= 15 is 0 Å². The van der Waals surface area contributed by atoms with E-state index in [0.29, 0.717) is 5.92 Å². The fraction of sp³-hybridized carbons (Fsp3) is 0.880. The Morgan fingerprint density at radius 1 is 1.13 bits per heavy atom. The molecule has 30 heavy (non-hydrogen) atoms. The van der Waals surface area contributed by atoms with Gasteiger partial charge >= 0.3 is 5.97 Å². The Bertz CT molecular complexity index is 680. The van der Waals surface area contributed by atoms with Crippen LogP contribution in [0, 0.1) is 23.2 Å². The third-order valence-corrected chi connectivity index (χ3v) is 9.84. The molecule has 5 rings (SSSR count). The number of carbonyl (C=O) groups excluding carboxylic acids is 1. The lowest BCUT2D eigenvalue weighted by Gasteiger charge is -2.51. The van der Waals surface area contributed by atoms with E-state index in [0.717, 1.165) is 31.8 Å². The van der Waals surface area contributed by atoms with Crippen LogP contribution >= 0.6 is 0 Å². The lowest BCUT2D eigenvalue weighted by molar-refractivity contribution is -0.961. The Hall–Kier alpha value is -0.910. The molecule has 5 heteroatoms. The summed E-state index contributed by atoms with van der Waals surface area (Å²) in [5.74, 6) is 0.251. The zero-order chi connectivity index (χ0) is 20.9. The maximum absolute atomic E-state index is 12.9. The summed E-state index contributed by atoms with van der Waals surface area (Å²) in [5.41, 5.74) is 1.15. The van der Waals surface area contributed by atoms with Gasteiger partial charge in [-0.05, 0) is 38.0 Å². The summed E-state index contributed by atoms with van der Waals surface area (Å²) >= 11 is 0. The summed E-state index contributed by atoms with van der Waals surface area (Å²) < 4.78 is 5.88. The van der Waals surface area contributed by atoms with E-state index in [2.05, 4.69) is 19.9 Å². The molecule has 4 fully saturated rings. The molecule has 3 saturated heterocycles. The molecule has 0 aromatic carbocycles. The highest BCUT2D eigenvalue weighted by molar-refractivity contribution is 5.76. The SMILES string of the molecule is C[C@@H]1CCC=C2C[C@H]3OC(=O)[C@H](C[NH+]4CCC([NH+]5CCCCC5)CC4)[C@H]3[C@@H](O)[C@@]21C. The van der Waals surface area contributed by atoms with E-state index in [1.165, 1.54) is 63.9 Å². The van der Waals surface area contributed by atoms with Gasteiger partial charge in [0.05, 0.1) is 44.9 Å². The quantitative estimate of drug-likeness (QED) is 0.459. The highest BCUT2D eigenvalue weighted by Gasteiger charge is 2.60. The van der Waals surface area contributed by atoms with Gasteiger partial charge in [-0.3, -0.25) is 4.79 Å². The van der Waals surface area contributed by atoms with Crippen LogP contribution < -0.4 is 9.80 Å². The molecule has 3 N–H and O–H groups in total. The molecule has 0 bridgehead atoms. The van der Waals surface area contributed by atoms with Gasteiger partial charge in [0.1, 0.15) is 12.0 Å². The van der Waals surface area contributed by atoms with Crippen LogP contribution in [-0.4, -0.2) is 62.0 Å². The van der Waals surface area contributed by atoms with Gasteiger partial charge in [0.15, 0.2) is 0 Å². The number of aliphatic hydroxyl groups excluding tert-OH is 1. The van der Waals surface area contributed by atoms with Crippen molar-refractivity contribution in [2.45, 2.75) is 83.5 Å². The van der Waals surface area contributed by atoms with E-state index in [1.54, 1.807) is 4.90 Å². The normalized spacial score (nSPS) is 47.2. The summed E-state index contributed by atoms with van der Waals surface area (Å²) in [7, 11) is 0. The number of aliphatic hydroxyl groups is 1. The molecule has 0 aromatic heterocycles. The first kappa shape index (κ1) is 21.0. The van der Waals surface area contributed by atoms with E-state index in [-0.39, 0.29) is 29.3 Å². The van der Waals surface area contributed by atoms with Gasteiger partial charge in [-0.1, -0.05) is 25.5 Å². The molecule has 0 amide bonds. The fourth-order valence-corrected chi connectivity index (χ4v) is 7.66. The van der Waals surface area contributed by atoms with Crippen LogP contribution in [-0.2, 0) is 9.53 Å². The lowest BCUT2D eigenvalue weighted by atomic mass is 9.55. The number of likely N-dealkylation sites (tertiary alicyclic amines) is 2. The number of nitrogens with one attached hydrogen (secondary N) is 2. The monoisotopic (exact) mass is 418 g/mol. The molecule has 0 spiro atoms. The van der Waals surface area contributed by atoms with E-state index in [9.17, 15) is 9.90 Å². The first-order valence-corrected chi connectivity index (χ1v) is 12.7. The van der Waals surface area contributed by atoms with Crippen molar-refractivity contribution in [2.24, 2.45) is 23.2 Å². The summed E-state index contributed by atoms with van der Waals surface area (Å²) in [6.07, 6.45) is 11.6. The molecule has 0 radical (unpaired) electrons. The van der Waals surface area contributed by atoms with Crippen LogP contribution in [0.3, 0.4) is 0 Å². The standard InChI is InChI=1S/C25H40N2O3/c1-17-7-6-8-18-15-21-22(23(28)25(17,18)2)20(24(29)30-21)16-26-13-9-19(10-14-26)27-11-4-3-5-12-27/h8,17,19-23,28H,3-7,9-16H2,1-2H3/p+2/t17-,20-,21-,22-,23-,25-/m1/s1. The molecule has 5 aliphatic rings. The highest BCUT2D eigenvalue weighted by atomic mass is 16.6. The summed E-state index contributed by atoms with van der Waals surface area (Å²) in [6, 6.07) is 0.826. The molecule has 3 aliphatic heterocycles. The van der Waals surface area contributed by atoms with Crippen LogP contribution in [0.1, 0.15) is 65.2 Å². The molecular formula is C25H42N2O3+2. The average molecular weight is 419 g/mol. The Balaban J connectivity index is 1.25. The highest BCUT2D eigenvalue weighted by Crippen LogP contribution is 2.55. The predicted octanol–water partition coefficient (Wildman–Crippen LogP) is 0.388. The van der Waals surface area contributed by atoms with Crippen molar-refractivity contribution in [1.29, 1.82) is 0 Å². The van der Waals surface area contributed by atoms with E-state index in [4.69, 9.17) is 4.74 Å². The predicted molar refractivity (Wildman–Crippen MR) is 115 cm³/mol. The first-order chi connectivity index (χ1) is 14.5. The number of quaternary nitrogens is 2. The molecule has 0 unspecified atom stereocenters. The minimum atomic E-state index is -0.469. The van der Waals surface area contributed by atoms with Crippen LogP contribution in [0.15, 0.2) is 11.6 Å². The van der Waals surface area contributed by atoms with Crippen molar-refractivity contribution >= 4 is 5.97 Å². The smallest absolute Gasteiger partial charge is 0.315 e. The Labute approximate surface area is 181 Å². The number of hydrogen-bond donors (Lipinski definition) is 3. The Morgan fingerprint density at radius 3 is 2.60 bits per heavy atom. The molecule has 0 aromatic rings. The van der Waals surface area contributed by atoms with Crippen LogP contribution in [0.2, 0.25) is 0 Å². The zero-order valence-corrected chi connectivity index (χ0v) is 19.0. The van der Waals surface area contributed by atoms with Gasteiger partial charge in [-0.25, -0.2) is 0 Å². The molecule has 6 atom stereocenters. The maximum atomic E-state index is 12.9. The number of piperidine rings is 2. The van der Waals surface area contributed by atoms with Crippen molar-refractivity contribution in [1.82, 2.24) is 0 Å². The van der Waals surface area contributed by atoms with Crippen molar-refractivity contribution in [3.63, 3.8) is 0 Å².